The molecule has 2 saturated heterocycles. The zero-order valence-electron chi connectivity index (χ0n) is 12.1. The van der Waals surface area contributed by atoms with Crippen LogP contribution >= 0.6 is 0 Å². The second-order valence-electron chi connectivity index (χ2n) is 6.49. The zero-order valence-corrected chi connectivity index (χ0v) is 12.1. The van der Waals surface area contributed by atoms with Gasteiger partial charge in [-0.3, -0.25) is 4.90 Å². The van der Waals surface area contributed by atoms with Crippen molar-refractivity contribution in [2.24, 2.45) is 5.92 Å². The number of hydrogen-bond acceptors (Lipinski definition) is 3. The van der Waals surface area contributed by atoms with Crippen molar-refractivity contribution in [3.63, 3.8) is 0 Å². The van der Waals surface area contributed by atoms with E-state index in [0.29, 0.717) is 0 Å². The summed E-state index contributed by atoms with van der Waals surface area (Å²) in [5.41, 5.74) is 2.90. The number of hydrogen-bond donors (Lipinski definition) is 1. The van der Waals surface area contributed by atoms with Crippen molar-refractivity contribution in [3.05, 3.63) is 35.4 Å². The maximum absolute atomic E-state index is 6.06. The van der Waals surface area contributed by atoms with Gasteiger partial charge in [-0.25, -0.2) is 0 Å². The Morgan fingerprint density at radius 2 is 2.20 bits per heavy atom. The van der Waals surface area contributed by atoms with Gasteiger partial charge in [0.25, 0.3) is 0 Å². The Bertz CT molecular complexity index is 462. The summed E-state index contributed by atoms with van der Waals surface area (Å²) in [7, 11) is 0. The third-order valence-corrected chi connectivity index (χ3v) is 5.19. The highest BCUT2D eigenvalue weighted by Crippen LogP contribution is 2.31. The average Bonchev–Trinajstić information content (AvgIpc) is 2.90. The second kappa shape index (κ2) is 5.47. The van der Waals surface area contributed by atoms with Crippen LogP contribution < -0.4 is 5.32 Å². The molecule has 20 heavy (non-hydrogen) atoms. The monoisotopic (exact) mass is 272 g/mol. The molecule has 0 bridgehead atoms. The van der Waals surface area contributed by atoms with Crippen molar-refractivity contribution in [2.45, 2.75) is 31.4 Å². The summed E-state index contributed by atoms with van der Waals surface area (Å²) in [6, 6.07) is 9.53. The first-order chi connectivity index (χ1) is 9.90. The van der Waals surface area contributed by atoms with Crippen molar-refractivity contribution in [1.29, 1.82) is 0 Å². The fourth-order valence-corrected chi connectivity index (χ4v) is 4.15. The molecule has 3 atom stereocenters. The van der Waals surface area contributed by atoms with Gasteiger partial charge in [-0.2, -0.15) is 0 Å². The molecule has 2 fully saturated rings. The fraction of sp³-hybridized carbons (Fsp3) is 0.647. The molecule has 3 nitrogen and oxygen atoms in total. The van der Waals surface area contributed by atoms with Crippen LogP contribution in [0.2, 0.25) is 0 Å². The molecule has 4 rings (SSSR count). The Hall–Kier alpha value is -0.900. The molecule has 0 aromatic heterocycles. The number of likely N-dealkylation sites (tertiary alicyclic amines) is 1. The fourth-order valence-electron chi connectivity index (χ4n) is 4.15. The van der Waals surface area contributed by atoms with E-state index < -0.39 is 0 Å². The van der Waals surface area contributed by atoms with Crippen LogP contribution in [-0.2, 0) is 11.2 Å². The average molecular weight is 272 g/mol. The summed E-state index contributed by atoms with van der Waals surface area (Å²) in [4.78, 5) is 2.61. The Morgan fingerprint density at radius 1 is 1.25 bits per heavy atom. The van der Waals surface area contributed by atoms with E-state index in [0.717, 1.165) is 31.5 Å². The van der Waals surface area contributed by atoms with Crippen LogP contribution in [0.25, 0.3) is 0 Å². The first-order valence-electron chi connectivity index (χ1n) is 8.05. The standard InChI is InChI=1S/C17H24N2O/c1-2-6-15-13(4-1)7-9-20-17(15)12-19-10-14-5-3-8-18-16(14)11-19/h1-2,4,6,14,16-18H,3,5,7-12H2/t14-,16+,17?/m0/s1. The van der Waals surface area contributed by atoms with Crippen LogP contribution in [-0.4, -0.2) is 43.7 Å². The molecule has 0 saturated carbocycles. The van der Waals surface area contributed by atoms with Crippen LogP contribution in [0.15, 0.2) is 24.3 Å². The van der Waals surface area contributed by atoms with E-state index >= 15 is 0 Å². The molecule has 0 spiro atoms. The first kappa shape index (κ1) is 12.8. The molecule has 1 unspecified atom stereocenters. The minimum atomic E-state index is 0.278. The summed E-state index contributed by atoms with van der Waals surface area (Å²) in [6.45, 7) is 5.59. The van der Waals surface area contributed by atoms with Gasteiger partial charge in [0, 0.05) is 25.7 Å². The van der Waals surface area contributed by atoms with Gasteiger partial charge in [0.2, 0.25) is 0 Å². The second-order valence-corrected chi connectivity index (χ2v) is 6.49. The number of fused-ring (bicyclic) bond motifs is 2. The van der Waals surface area contributed by atoms with Crippen LogP contribution in [0.5, 0.6) is 0 Å². The van der Waals surface area contributed by atoms with Crippen molar-refractivity contribution in [3.8, 4) is 0 Å². The van der Waals surface area contributed by atoms with Gasteiger partial charge < -0.3 is 10.1 Å². The highest BCUT2D eigenvalue weighted by atomic mass is 16.5. The van der Waals surface area contributed by atoms with Crippen molar-refractivity contribution >= 4 is 0 Å². The quantitative estimate of drug-likeness (QED) is 0.891. The number of nitrogens with one attached hydrogen (secondary N) is 1. The van der Waals surface area contributed by atoms with Crippen molar-refractivity contribution in [2.75, 3.05) is 32.8 Å². The van der Waals surface area contributed by atoms with Gasteiger partial charge in [0.15, 0.2) is 0 Å². The predicted molar refractivity (Wildman–Crippen MR) is 79.8 cm³/mol. The normalized spacial score (nSPS) is 33.7. The number of benzene rings is 1. The highest BCUT2D eigenvalue weighted by molar-refractivity contribution is 5.31. The minimum absolute atomic E-state index is 0.278. The van der Waals surface area contributed by atoms with Crippen molar-refractivity contribution < 1.29 is 4.74 Å². The summed E-state index contributed by atoms with van der Waals surface area (Å²) < 4.78 is 6.06. The van der Waals surface area contributed by atoms with E-state index in [-0.39, 0.29) is 6.10 Å². The van der Waals surface area contributed by atoms with Crippen molar-refractivity contribution in [1.82, 2.24) is 10.2 Å². The largest absolute Gasteiger partial charge is 0.372 e. The van der Waals surface area contributed by atoms with Crippen LogP contribution in [0.3, 0.4) is 0 Å². The first-order valence-corrected chi connectivity index (χ1v) is 8.05. The summed E-state index contributed by atoms with van der Waals surface area (Å²) in [5, 5.41) is 3.68. The van der Waals surface area contributed by atoms with E-state index in [9.17, 15) is 0 Å². The van der Waals surface area contributed by atoms with Gasteiger partial charge in [-0.05, 0) is 42.9 Å². The molecule has 3 heterocycles. The molecule has 0 radical (unpaired) electrons. The molecule has 1 aromatic carbocycles. The third-order valence-electron chi connectivity index (χ3n) is 5.19. The summed E-state index contributed by atoms with van der Waals surface area (Å²) in [6.07, 6.45) is 4.09. The molecule has 3 aliphatic rings. The Balaban J connectivity index is 1.45. The highest BCUT2D eigenvalue weighted by Gasteiger charge is 2.35. The lowest BCUT2D eigenvalue weighted by Crippen LogP contribution is -2.41. The van der Waals surface area contributed by atoms with Crippen LogP contribution in [0.4, 0.5) is 0 Å². The van der Waals surface area contributed by atoms with Gasteiger partial charge in [-0.15, -0.1) is 0 Å². The van der Waals surface area contributed by atoms with Gasteiger partial charge in [-0.1, -0.05) is 24.3 Å². The van der Waals surface area contributed by atoms with Gasteiger partial charge in [0.1, 0.15) is 0 Å². The molecule has 0 amide bonds. The Kier molecular flexibility index (Phi) is 3.51. The molecular formula is C17H24N2O. The SMILES string of the molecule is c1ccc2c(c1)CCOC2CN1C[C@@H]2CCCN[C@@H]2C1. The minimum Gasteiger partial charge on any atom is -0.372 e. The number of nitrogens with zero attached hydrogens (tertiary/aromatic N) is 1. The predicted octanol–water partition coefficient (Wildman–Crippen LogP) is 1.98. The maximum Gasteiger partial charge on any atom is 0.0954 e. The topological polar surface area (TPSA) is 24.5 Å². The molecular weight excluding hydrogens is 248 g/mol. The smallest absolute Gasteiger partial charge is 0.0954 e. The van der Waals surface area contributed by atoms with E-state index in [1.54, 1.807) is 0 Å². The van der Waals surface area contributed by atoms with Gasteiger partial charge in [0.05, 0.1) is 12.7 Å². The van der Waals surface area contributed by atoms with Crippen LogP contribution in [0, 0.1) is 5.92 Å². The summed E-state index contributed by atoms with van der Waals surface area (Å²) in [5.74, 6) is 0.864. The van der Waals surface area contributed by atoms with Crippen LogP contribution in [0.1, 0.15) is 30.1 Å². The Morgan fingerprint density at radius 3 is 3.15 bits per heavy atom. The molecule has 1 aromatic rings. The molecule has 1 N–H and O–H groups in total. The molecule has 3 heteroatoms. The van der Waals surface area contributed by atoms with Gasteiger partial charge >= 0.3 is 0 Å². The number of rotatable bonds is 2. The van der Waals surface area contributed by atoms with E-state index in [4.69, 9.17) is 4.74 Å². The third kappa shape index (κ3) is 2.39. The van der Waals surface area contributed by atoms with E-state index in [2.05, 4.69) is 34.5 Å². The number of piperidine rings is 1. The lowest BCUT2D eigenvalue weighted by Gasteiger charge is -2.29. The maximum atomic E-state index is 6.06. The zero-order chi connectivity index (χ0) is 13.4. The Labute approximate surface area is 121 Å². The molecule has 108 valence electrons. The lowest BCUT2D eigenvalue weighted by molar-refractivity contribution is 0.0198. The number of ether oxygens (including phenoxy) is 1. The lowest BCUT2D eigenvalue weighted by atomic mass is 9.94. The molecule has 3 aliphatic heterocycles. The van der Waals surface area contributed by atoms with E-state index in [1.165, 1.54) is 43.6 Å². The molecule has 0 aliphatic carbocycles. The summed E-state index contributed by atoms with van der Waals surface area (Å²) >= 11 is 0. The van der Waals surface area contributed by atoms with E-state index in [1.807, 2.05) is 0 Å².